The molecule has 2 amide bonds. The molecule has 1 fully saturated rings. The Hall–Kier alpha value is -3.65. The van der Waals surface area contributed by atoms with Crippen LogP contribution in [0.1, 0.15) is 12.1 Å². The molecule has 1 atom stereocenters. The Morgan fingerprint density at radius 2 is 1.82 bits per heavy atom. The lowest BCUT2D eigenvalue weighted by Crippen LogP contribution is -2.42. The fourth-order valence-corrected chi connectivity index (χ4v) is 4.29. The number of nitrogens with zero attached hydrogens (tertiary/aromatic N) is 3. The number of benzene rings is 2. The monoisotopic (exact) mass is 447 g/mol. The summed E-state index contributed by atoms with van der Waals surface area (Å²) in [7, 11) is 0. The molecule has 1 saturated heterocycles. The third-order valence-electron chi connectivity index (χ3n) is 5.93. The number of pyridine rings is 1. The highest BCUT2D eigenvalue weighted by Crippen LogP contribution is 2.23. The van der Waals surface area contributed by atoms with Gasteiger partial charge in [-0.25, -0.2) is 9.59 Å². The van der Waals surface area contributed by atoms with Crippen molar-refractivity contribution in [3.63, 3.8) is 0 Å². The number of carbonyl (C=O) groups is 2. The summed E-state index contributed by atoms with van der Waals surface area (Å²) in [5, 5.41) is 16.5. The van der Waals surface area contributed by atoms with Gasteiger partial charge in [-0.2, -0.15) is 0 Å². The molecule has 0 bridgehead atoms. The molecule has 2 aromatic carbocycles. The summed E-state index contributed by atoms with van der Waals surface area (Å²) >= 11 is 0. The number of carboxylic acids is 1. The molecule has 0 spiro atoms. The Kier molecular flexibility index (Phi) is 7.04. The maximum absolute atomic E-state index is 12.5. The minimum absolute atomic E-state index is 0.269. The van der Waals surface area contributed by atoms with E-state index in [2.05, 4.69) is 20.5 Å². The van der Waals surface area contributed by atoms with E-state index in [1.165, 1.54) is 0 Å². The zero-order valence-electron chi connectivity index (χ0n) is 18.7. The quantitative estimate of drug-likeness (QED) is 0.536. The summed E-state index contributed by atoms with van der Waals surface area (Å²) in [5.74, 6) is -0.807. The summed E-state index contributed by atoms with van der Waals surface area (Å²) in [6.45, 7) is 5.04. The van der Waals surface area contributed by atoms with E-state index < -0.39 is 12.0 Å². The van der Waals surface area contributed by atoms with Gasteiger partial charge in [-0.3, -0.25) is 9.88 Å². The molecule has 8 nitrogen and oxygen atoms in total. The molecule has 1 aliphatic rings. The van der Waals surface area contributed by atoms with Crippen LogP contribution >= 0.6 is 0 Å². The number of urea groups is 1. The smallest absolute Gasteiger partial charge is 0.326 e. The average molecular weight is 448 g/mol. The number of carboxylic acid groups (broad SMARTS) is 1. The molecule has 1 unspecified atom stereocenters. The van der Waals surface area contributed by atoms with Gasteiger partial charge in [-0.1, -0.05) is 36.4 Å². The Morgan fingerprint density at radius 1 is 1.06 bits per heavy atom. The van der Waals surface area contributed by atoms with Crippen molar-refractivity contribution in [3.8, 4) is 0 Å². The van der Waals surface area contributed by atoms with Crippen molar-refractivity contribution in [2.75, 3.05) is 42.9 Å². The molecule has 8 heteroatoms. The molecule has 33 heavy (non-hydrogen) atoms. The Labute approximate surface area is 193 Å². The highest BCUT2D eigenvalue weighted by atomic mass is 16.4. The molecule has 1 aliphatic heterocycles. The lowest BCUT2D eigenvalue weighted by atomic mass is 10.1. The number of fused-ring (bicyclic) bond motifs is 1. The van der Waals surface area contributed by atoms with E-state index in [-0.39, 0.29) is 6.03 Å². The van der Waals surface area contributed by atoms with Gasteiger partial charge in [-0.05, 0) is 37.6 Å². The number of hydrogen-bond acceptors (Lipinski definition) is 5. The molecule has 2 heterocycles. The number of hydrogen-bond donors (Lipinski definition) is 3. The van der Waals surface area contributed by atoms with Gasteiger partial charge in [-0.15, -0.1) is 0 Å². The van der Waals surface area contributed by atoms with Crippen molar-refractivity contribution in [1.82, 2.24) is 15.2 Å². The summed E-state index contributed by atoms with van der Waals surface area (Å²) in [4.78, 5) is 33.0. The number of aryl methyl sites for hydroxylation is 1. The number of para-hydroxylation sites is 2. The predicted molar refractivity (Wildman–Crippen MR) is 130 cm³/mol. The van der Waals surface area contributed by atoms with E-state index in [1.807, 2.05) is 72.5 Å². The van der Waals surface area contributed by atoms with Gasteiger partial charge in [0.1, 0.15) is 6.04 Å². The number of carbonyl (C=O) groups excluding carboxylic acids is 1. The van der Waals surface area contributed by atoms with Crippen molar-refractivity contribution in [1.29, 1.82) is 0 Å². The molecular weight excluding hydrogens is 418 g/mol. The Balaban J connectivity index is 1.32. The molecule has 3 N–H and O–H groups in total. The van der Waals surface area contributed by atoms with Crippen LogP contribution in [-0.2, 0) is 4.79 Å². The number of aromatic nitrogens is 1. The normalized spacial score (nSPS) is 16.9. The Morgan fingerprint density at radius 3 is 2.61 bits per heavy atom. The first-order chi connectivity index (χ1) is 16.0. The van der Waals surface area contributed by atoms with E-state index in [0.29, 0.717) is 32.6 Å². The second-order valence-electron chi connectivity index (χ2n) is 8.22. The minimum Gasteiger partial charge on any atom is -0.480 e. The first-order valence-corrected chi connectivity index (χ1v) is 11.2. The molecule has 1 aromatic heterocycles. The number of aliphatic carboxylic acids is 1. The van der Waals surface area contributed by atoms with E-state index in [1.54, 1.807) is 0 Å². The molecule has 3 aromatic rings. The van der Waals surface area contributed by atoms with Crippen LogP contribution < -0.4 is 15.5 Å². The highest BCUT2D eigenvalue weighted by Gasteiger charge is 2.29. The van der Waals surface area contributed by atoms with E-state index in [4.69, 9.17) is 0 Å². The first kappa shape index (κ1) is 22.5. The van der Waals surface area contributed by atoms with Crippen molar-refractivity contribution in [2.45, 2.75) is 19.4 Å². The second kappa shape index (κ2) is 10.3. The number of nitrogens with one attached hydrogen (secondary N) is 2. The van der Waals surface area contributed by atoms with Gasteiger partial charge in [0, 0.05) is 49.5 Å². The summed E-state index contributed by atoms with van der Waals surface area (Å²) < 4.78 is 0. The van der Waals surface area contributed by atoms with Crippen molar-refractivity contribution in [3.05, 3.63) is 66.4 Å². The van der Waals surface area contributed by atoms with E-state index >= 15 is 0 Å². The summed E-state index contributed by atoms with van der Waals surface area (Å²) in [5.41, 5.74) is 3.33. The number of rotatable bonds is 6. The van der Waals surface area contributed by atoms with Crippen LogP contribution in [0, 0.1) is 6.92 Å². The van der Waals surface area contributed by atoms with Crippen LogP contribution in [0.15, 0.2) is 60.7 Å². The van der Waals surface area contributed by atoms with Crippen molar-refractivity contribution in [2.24, 2.45) is 0 Å². The lowest BCUT2D eigenvalue weighted by Gasteiger charge is -2.28. The largest absolute Gasteiger partial charge is 0.480 e. The van der Waals surface area contributed by atoms with Gasteiger partial charge >= 0.3 is 12.0 Å². The minimum atomic E-state index is -0.807. The van der Waals surface area contributed by atoms with Crippen molar-refractivity contribution < 1.29 is 14.7 Å². The predicted octanol–water partition coefficient (Wildman–Crippen LogP) is 3.33. The van der Waals surface area contributed by atoms with Gasteiger partial charge < -0.3 is 20.6 Å². The molecule has 0 aliphatic carbocycles. The standard InChI is InChI=1S/C25H29N5O3/c1-18-17-22(20-9-5-6-10-21(20)27-18)28-25(33)26-12-14-29-13-11-23(24(31)32)30(16-15-29)19-7-3-2-4-8-19/h2-10,17,23H,11-16H2,1H3,(H,31,32)(H2,26,27,28,33). The maximum atomic E-state index is 12.5. The van der Waals surface area contributed by atoms with Crippen LogP contribution in [0.2, 0.25) is 0 Å². The highest BCUT2D eigenvalue weighted by molar-refractivity contribution is 6.00. The molecular formula is C25H29N5O3. The second-order valence-corrected chi connectivity index (χ2v) is 8.22. The van der Waals surface area contributed by atoms with E-state index in [9.17, 15) is 14.7 Å². The zero-order chi connectivity index (χ0) is 23.2. The summed E-state index contributed by atoms with van der Waals surface area (Å²) in [6, 6.07) is 18.4. The lowest BCUT2D eigenvalue weighted by molar-refractivity contribution is -0.138. The third-order valence-corrected chi connectivity index (χ3v) is 5.93. The van der Waals surface area contributed by atoms with Gasteiger partial charge in [0.15, 0.2) is 0 Å². The Bertz CT molecular complexity index is 1120. The van der Waals surface area contributed by atoms with Gasteiger partial charge in [0.25, 0.3) is 0 Å². The fourth-order valence-electron chi connectivity index (χ4n) is 4.29. The number of anilines is 2. The molecule has 0 radical (unpaired) electrons. The zero-order valence-corrected chi connectivity index (χ0v) is 18.7. The van der Waals surface area contributed by atoms with Crippen LogP contribution in [0.5, 0.6) is 0 Å². The van der Waals surface area contributed by atoms with E-state index in [0.717, 1.165) is 34.5 Å². The van der Waals surface area contributed by atoms with Crippen LogP contribution in [0.4, 0.5) is 16.2 Å². The molecule has 172 valence electrons. The number of amides is 2. The maximum Gasteiger partial charge on any atom is 0.326 e. The molecule has 4 rings (SSSR count). The topological polar surface area (TPSA) is 97.8 Å². The van der Waals surface area contributed by atoms with Crippen LogP contribution in [0.25, 0.3) is 10.9 Å². The van der Waals surface area contributed by atoms with Crippen molar-refractivity contribution >= 4 is 34.3 Å². The van der Waals surface area contributed by atoms with Gasteiger partial charge in [0.2, 0.25) is 0 Å². The van der Waals surface area contributed by atoms with Gasteiger partial charge in [0.05, 0.1) is 11.2 Å². The van der Waals surface area contributed by atoms with Crippen LogP contribution in [-0.4, -0.2) is 65.8 Å². The molecule has 0 saturated carbocycles. The average Bonchev–Trinajstić information content (AvgIpc) is 3.02. The SMILES string of the molecule is Cc1cc(NC(=O)NCCN2CCC(C(=O)O)N(c3ccccc3)CC2)c2ccccc2n1. The summed E-state index contributed by atoms with van der Waals surface area (Å²) in [6.07, 6.45) is 0.526. The first-order valence-electron chi connectivity index (χ1n) is 11.2. The fraction of sp³-hybridized carbons (Fsp3) is 0.320. The third kappa shape index (κ3) is 5.59. The van der Waals surface area contributed by atoms with Crippen LogP contribution in [0.3, 0.4) is 0 Å².